The van der Waals surface area contributed by atoms with Crippen molar-refractivity contribution in [1.29, 1.82) is 0 Å². The minimum Gasteiger partial charge on any atom is -0.493 e. The van der Waals surface area contributed by atoms with E-state index in [2.05, 4.69) is 24.5 Å². The molecule has 186 valence electrons. The van der Waals surface area contributed by atoms with E-state index in [1.165, 1.54) is 0 Å². The van der Waals surface area contributed by atoms with Gasteiger partial charge in [0.15, 0.2) is 0 Å². The van der Waals surface area contributed by atoms with E-state index >= 15 is 0 Å². The molecule has 0 heterocycles. The van der Waals surface area contributed by atoms with Gasteiger partial charge >= 0.3 is 0 Å². The highest BCUT2D eigenvalue weighted by molar-refractivity contribution is 5.97. The molecule has 2 aromatic rings. The molecule has 0 spiro atoms. The van der Waals surface area contributed by atoms with Crippen molar-refractivity contribution in [1.82, 2.24) is 10.6 Å². The van der Waals surface area contributed by atoms with Gasteiger partial charge in [0.1, 0.15) is 11.5 Å². The Bertz CT molecular complexity index is 797. The predicted octanol–water partition coefficient (Wildman–Crippen LogP) is 5.76. The number of nitrogens with one attached hydrogen (secondary N) is 2. The molecule has 0 atom stereocenters. The van der Waals surface area contributed by atoms with Crippen LogP contribution in [0.15, 0.2) is 48.5 Å². The average Bonchev–Trinajstić information content (AvgIpc) is 2.86. The molecule has 2 N–H and O–H groups in total. The van der Waals surface area contributed by atoms with E-state index < -0.39 is 0 Å². The zero-order chi connectivity index (χ0) is 24.4. The van der Waals surface area contributed by atoms with Crippen LogP contribution >= 0.6 is 0 Å². The maximum absolute atomic E-state index is 12.5. The SMILES string of the molecule is CCCCOc1ccccc1C(=O)NCCCCCCNC(=O)c1ccccc1OCCCC. The Hall–Kier alpha value is -3.02. The molecule has 6 heteroatoms. The Kier molecular flexibility index (Phi) is 13.3. The predicted molar refractivity (Wildman–Crippen MR) is 137 cm³/mol. The smallest absolute Gasteiger partial charge is 0.255 e. The van der Waals surface area contributed by atoms with Crippen LogP contribution in [-0.2, 0) is 0 Å². The molecule has 0 aromatic heterocycles. The lowest BCUT2D eigenvalue weighted by Crippen LogP contribution is -2.26. The van der Waals surface area contributed by atoms with E-state index in [0.29, 0.717) is 48.9 Å². The van der Waals surface area contributed by atoms with Crippen molar-refractivity contribution >= 4 is 11.8 Å². The van der Waals surface area contributed by atoms with Crippen molar-refractivity contribution in [2.45, 2.75) is 65.2 Å². The van der Waals surface area contributed by atoms with Gasteiger partial charge in [-0.3, -0.25) is 9.59 Å². The van der Waals surface area contributed by atoms with E-state index in [9.17, 15) is 9.59 Å². The van der Waals surface area contributed by atoms with Gasteiger partial charge in [0.25, 0.3) is 11.8 Å². The molecule has 0 aliphatic heterocycles. The van der Waals surface area contributed by atoms with Gasteiger partial charge < -0.3 is 20.1 Å². The van der Waals surface area contributed by atoms with Gasteiger partial charge in [0, 0.05) is 13.1 Å². The molecule has 2 amide bonds. The van der Waals surface area contributed by atoms with Crippen LogP contribution in [0.3, 0.4) is 0 Å². The van der Waals surface area contributed by atoms with Crippen molar-refractivity contribution in [3.63, 3.8) is 0 Å². The standard InChI is InChI=1S/C28H40N2O4/c1-3-5-21-33-25-17-11-9-15-23(25)27(31)29-19-13-7-8-14-20-30-28(32)24-16-10-12-18-26(24)34-22-6-4-2/h9-12,15-18H,3-8,13-14,19-22H2,1-2H3,(H,29,31)(H,30,32). The molecular weight excluding hydrogens is 428 g/mol. The van der Waals surface area contributed by atoms with E-state index in [0.717, 1.165) is 51.4 Å². The molecule has 0 unspecified atom stereocenters. The number of rotatable bonds is 17. The summed E-state index contributed by atoms with van der Waals surface area (Å²) in [5, 5.41) is 5.97. The van der Waals surface area contributed by atoms with Crippen LogP contribution in [0.5, 0.6) is 11.5 Å². The Morgan fingerprint density at radius 1 is 0.618 bits per heavy atom. The summed E-state index contributed by atoms with van der Waals surface area (Å²) in [6.07, 6.45) is 7.81. The topological polar surface area (TPSA) is 76.7 Å². The Labute approximate surface area is 204 Å². The molecule has 0 fully saturated rings. The van der Waals surface area contributed by atoms with E-state index in [4.69, 9.17) is 9.47 Å². The van der Waals surface area contributed by atoms with Crippen LogP contribution in [0.1, 0.15) is 85.9 Å². The molecular formula is C28H40N2O4. The molecule has 0 aliphatic rings. The lowest BCUT2D eigenvalue weighted by molar-refractivity contribution is 0.0938. The first kappa shape index (κ1) is 27.2. The number of benzene rings is 2. The van der Waals surface area contributed by atoms with E-state index in [1.807, 2.05) is 36.4 Å². The Balaban J connectivity index is 1.61. The van der Waals surface area contributed by atoms with Crippen molar-refractivity contribution in [3.8, 4) is 11.5 Å². The van der Waals surface area contributed by atoms with Crippen molar-refractivity contribution in [2.24, 2.45) is 0 Å². The van der Waals surface area contributed by atoms with Gasteiger partial charge in [-0.2, -0.15) is 0 Å². The van der Waals surface area contributed by atoms with Gasteiger partial charge in [0.05, 0.1) is 24.3 Å². The highest BCUT2D eigenvalue weighted by Gasteiger charge is 2.12. The second kappa shape index (κ2) is 16.6. The number of hydrogen-bond donors (Lipinski definition) is 2. The van der Waals surface area contributed by atoms with Gasteiger partial charge in [-0.15, -0.1) is 0 Å². The van der Waals surface area contributed by atoms with Gasteiger partial charge in [-0.05, 0) is 49.9 Å². The Morgan fingerprint density at radius 2 is 1.03 bits per heavy atom. The molecule has 0 bridgehead atoms. The van der Waals surface area contributed by atoms with E-state index in [-0.39, 0.29) is 11.8 Å². The zero-order valence-corrected chi connectivity index (χ0v) is 20.7. The minimum atomic E-state index is -0.0980. The fraction of sp³-hybridized carbons (Fsp3) is 0.500. The molecule has 0 radical (unpaired) electrons. The molecule has 2 aromatic carbocycles. The van der Waals surface area contributed by atoms with Crippen molar-refractivity contribution < 1.29 is 19.1 Å². The van der Waals surface area contributed by atoms with Crippen LogP contribution < -0.4 is 20.1 Å². The summed E-state index contributed by atoms with van der Waals surface area (Å²) in [5.74, 6) is 1.08. The van der Waals surface area contributed by atoms with Crippen LogP contribution in [-0.4, -0.2) is 38.1 Å². The summed E-state index contributed by atoms with van der Waals surface area (Å²) >= 11 is 0. The van der Waals surface area contributed by atoms with E-state index in [1.54, 1.807) is 12.1 Å². The van der Waals surface area contributed by atoms with Gasteiger partial charge in [-0.25, -0.2) is 0 Å². The first-order chi connectivity index (χ1) is 16.7. The quantitative estimate of drug-likeness (QED) is 0.289. The highest BCUT2D eigenvalue weighted by Crippen LogP contribution is 2.19. The lowest BCUT2D eigenvalue weighted by Gasteiger charge is -2.12. The van der Waals surface area contributed by atoms with Crippen molar-refractivity contribution in [2.75, 3.05) is 26.3 Å². The third-order valence-electron chi connectivity index (χ3n) is 5.45. The summed E-state index contributed by atoms with van der Waals surface area (Å²) in [4.78, 5) is 25.0. The second-order valence-electron chi connectivity index (χ2n) is 8.32. The summed E-state index contributed by atoms with van der Waals surface area (Å²) in [6.45, 7) is 6.70. The van der Waals surface area contributed by atoms with Gasteiger partial charge in [-0.1, -0.05) is 63.8 Å². The number of carbonyl (C=O) groups is 2. The third-order valence-corrected chi connectivity index (χ3v) is 5.45. The number of para-hydroxylation sites is 2. The summed E-state index contributed by atoms with van der Waals surface area (Å²) in [5.41, 5.74) is 1.17. The molecule has 2 rings (SSSR count). The number of unbranched alkanes of at least 4 members (excludes halogenated alkanes) is 5. The summed E-state index contributed by atoms with van der Waals surface area (Å²) < 4.78 is 11.5. The third kappa shape index (κ3) is 9.86. The van der Waals surface area contributed by atoms with Crippen LogP contribution in [0, 0.1) is 0 Å². The number of carbonyl (C=O) groups excluding carboxylic acids is 2. The maximum Gasteiger partial charge on any atom is 0.255 e. The molecule has 0 aliphatic carbocycles. The summed E-state index contributed by atoms with van der Waals surface area (Å²) in [6, 6.07) is 14.8. The number of amides is 2. The number of ether oxygens (including phenoxy) is 2. The largest absolute Gasteiger partial charge is 0.493 e. The number of hydrogen-bond acceptors (Lipinski definition) is 4. The monoisotopic (exact) mass is 468 g/mol. The maximum atomic E-state index is 12.5. The highest BCUT2D eigenvalue weighted by atomic mass is 16.5. The minimum absolute atomic E-state index is 0.0980. The normalized spacial score (nSPS) is 10.5. The average molecular weight is 469 g/mol. The second-order valence-corrected chi connectivity index (χ2v) is 8.32. The fourth-order valence-corrected chi connectivity index (χ4v) is 3.41. The first-order valence-electron chi connectivity index (χ1n) is 12.7. The van der Waals surface area contributed by atoms with Crippen molar-refractivity contribution in [3.05, 3.63) is 59.7 Å². The molecule has 0 saturated carbocycles. The molecule has 34 heavy (non-hydrogen) atoms. The Morgan fingerprint density at radius 3 is 1.44 bits per heavy atom. The first-order valence-corrected chi connectivity index (χ1v) is 12.7. The van der Waals surface area contributed by atoms with Crippen LogP contribution in [0.4, 0.5) is 0 Å². The lowest BCUT2D eigenvalue weighted by atomic mass is 10.1. The molecule has 0 saturated heterocycles. The summed E-state index contributed by atoms with van der Waals surface area (Å²) in [7, 11) is 0. The fourth-order valence-electron chi connectivity index (χ4n) is 3.41. The molecule has 6 nitrogen and oxygen atoms in total. The van der Waals surface area contributed by atoms with Crippen LogP contribution in [0.25, 0.3) is 0 Å². The zero-order valence-electron chi connectivity index (χ0n) is 20.7. The van der Waals surface area contributed by atoms with Crippen LogP contribution in [0.2, 0.25) is 0 Å². The van der Waals surface area contributed by atoms with Gasteiger partial charge in [0.2, 0.25) is 0 Å².